The first-order chi connectivity index (χ1) is 7.71. The summed E-state index contributed by atoms with van der Waals surface area (Å²) in [6, 6.07) is -0.500. The minimum Gasteiger partial charge on any atom is -0.444 e. The van der Waals surface area contributed by atoms with Gasteiger partial charge in [-0.2, -0.15) is 0 Å². The van der Waals surface area contributed by atoms with Gasteiger partial charge in [0.25, 0.3) is 0 Å². The number of aliphatic hydroxyl groups is 2. The largest absolute Gasteiger partial charge is 0.444 e. The van der Waals surface area contributed by atoms with Gasteiger partial charge in [-0.15, -0.1) is 0 Å². The van der Waals surface area contributed by atoms with Gasteiger partial charge in [-0.25, -0.2) is 4.79 Å². The van der Waals surface area contributed by atoms with Gasteiger partial charge in [-0.05, 0) is 26.7 Å². The van der Waals surface area contributed by atoms with E-state index in [9.17, 15) is 9.90 Å². The quantitative estimate of drug-likeness (QED) is 0.684. The highest BCUT2D eigenvalue weighted by atomic mass is 16.6. The number of aliphatic hydroxyl groups excluding tert-OH is 2. The fraction of sp³-hybridized carbons (Fsp3) is 0.917. The van der Waals surface area contributed by atoms with E-state index in [2.05, 4.69) is 5.32 Å². The number of rotatable bonds is 5. The summed E-state index contributed by atoms with van der Waals surface area (Å²) in [5.41, 5.74) is -0.575. The number of ether oxygens (including phenoxy) is 1. The van der Waals surface area contributed by atoms with Crippen molar-refractivity contribution in [2.45, 2.75) is 58.8 Å². The second-order valence-electron chi connectivity index (χ2n) is 5.31. The summed E-state index contributed by atoms with van der Waals surface area (Å²) >= 11 is 0. The van der Waals surface area contributed by atoms with Crippen molar-refractivity contribution in [1.29, 1.82) is 0 Å². The maximum Gasteiger partial charge on any atom is 0.407 e. The van der Waals surface area contributed by atoms with Gasteiger partial charge < -0.3 is 20.3 Å². The Labute approximate surface area is 103 Å². The molecule has 0 aromatic carbocycles. The van der Waals surface area contributed by atoms with Crippen LogP contribution in [0.3, 0.4) is 0 Å². The first-order valence-electron chi connectivity index (χ1n) is 5.99. The number of hydrogen-bond acceptors (Lipinski definition) is 4. The van der Waals surface area contributed by atoms with Crippen molar-refractivity contribution in [3.8, 4) is 0 Å². The van der Waals surface area contributed by atoms with Gasteiger partial charge in [0.2, 0.25) is 0 Å². The van der Waals surface area contributed by atoms with Crippen LogP contribution in [0, 0.1) is 5.92 Å². The third-order valence-electron chi connectivity index (χ3n) is 2.54. The number of amides is 1. The van der Waals surface area contributed by atoms with Gasteiger partial charge in [0.15, 0.2) is 0 Å². The van der Waals surface area contributed by atoms with Gasteiger partial charge >= 0.3 is 6.09 Å². The Bertz CT molecular complexity index is 227. The summed E-state index contributed by atoms with van der Waals surface area (Å²) in [7, 11) is 0. The van der Waals surface area contributed by atoms with Crippen LogP contribution in [0.15, 0.2) is 0 Å². The van der Waals surface area contributed by atoms with Crippen LogP contribution in [-0.4, -0.2) is 40.7 Å². The Morgan fingerprint density at radius 3 is 2.29 bits per heavy atom. The van der Waals surface area contributed by atoms with Crippen molar-refractivity contribution < 1.29 is 19.7 Å². The van der Waals surface area contributed by atoms with E-state index in [0.717, 1.165) is 6.42 Å². The Kier molecular flexibility index (Phi) is 6.49. The fourth-order valence-corrected chi connectivity index (χ4v) is 1.43. The molecule has 3 unspecified atom stereocenters. The molecule has 0 aliphatic heterocycles. The minimum absolute atomic E-state index is 0.0599. The number of alkyl carbamates (subject to hydrolysis) is 1. The van der Waals surface area contributed by atoms with Crippen LogP contribution >= 0.6 is 0 Å². The second-order valence-corrected chi connectivity index (χ2v) is 5.31. The van der Waals surface area contributed by atoms with E-state index in [4.69, 9.17) is 9.84 Å². The molecular formula is C12H25NO4. The lowest BCUT2D eigenvalue weighted by Crippen LogP contribution is -2.50. The molecule has 0 fully saturated rings. The summed E-state index contributed by atoms with van der Waals surface area (Å²) in [5, 5.41) is 21.2. The number of carbonyl (C=O) groups is 1. The van der Waals surface area contributed by atoms with Crippen LogP contribution in [0.25, 0.3) is 0 Å². The minimum atomic E-state index is -0.975. The van der Waals surface area contributed by atoms with E-state index in [-0.39, 0.29) is 12.5 Å². The monoisotopic (exact) mass is 247 g/mol. The van der Waals surface area contributed by atoms with Crippen molar-refractivity contribution in [2.75, 3.05) is 6.61 Å². The van der Waals surface area contributed by atoms with Crippen molar-refractivity contribution in [2.24, 2.45) is 5.92 Å². The van der Waals surface area contributed by atoms with Crippen molar-refractivity contribution in [3.05, 3.63) is 0 Å². The molecule has 5 nitrogen and oxygen atoms in total. The predicted octanol–water partition coefficient (Wildman–Crippen LogP) is 1.28. The normalized spacial score (nSPS) is 17.1. The van der Waals surface area contributed by atoms with Crippen molar-refractivity contribution in [3.63, 3.8) is 0 Å². The summed E-state index contributed by atoms with van der Waals surface area (Å²) in [4.78, 5) is 11.6. The van der Waals surface area contributed by atoms with E-state index >= 15 is 0 Å². The standard InChI is InChI=1S/C12H25NO4/c1-6-8(2)10(9(15)7-14)13-11(16)17-12(3,4)5/h8-10,14-15H,6-7H2,1-5H3,(H,13,16). The number of hydrogen-bond donors (Lipinski definition) is 3. The summed E-state index contributed by atoms with van der Waals surface area (Å²) in [5.74, 6) is 0.0599. The van der Waals surface area contributed by atoms with E-state index in [1.807, 2.05) is 13.8 Å². The molecule has 0 heterocycles. The molecule has 0 saturated heterocycles. The maximum absolute atomic E-state index is 11.6. The molecule has 0 rings (SSSR count). The van der Waals surface area contributed by atoms with Crippen molar-refractivity contribution in [1.82, 2.24) is 5.32 Å². The molecule has 0 aromatic rings. The molecule has 0 saturated carbocycles. The summed E-state index contributed by atoms with van der Waals surface area (Å²) in [6.45, 7) is 8.79. The Balaban J connectivity index is 4.48. The number of carbonyl (C=O) groups excluding carboxylic acids is 1. The van der Waals surface area contributed by atoms with Crippen LogP contribution in [0.5, 0.6) is 0 Å². The van der Waals surface area contributed by atoms with Crippen molar-refractivity contribution >= 4 is 6.09 Å². The van der Waals surface area contributed by atoms with Crippen LogP contribution in [0.1, 0.15) is 41.0 Å². The SMILES string of the molecule is CCC(C)C(NC(=O)OC(C)(C)C)C(O)CO. The Hall–Kier alpha value is -0.810. The highest BCUT2D eigenvalue weighted by Gasteiger charge is 2.27. The van der Waals surface area contributed by atoms with Gasteiger partial charge in [0, 0.05) is 0 Å². The van der Waals surface area contributed by atoms with E-state index < -0.39 is 23.8 Å². The smallest absolute Gasteiger partial charge is 0.407 e. The highest BCUT2D eigenvalue weighted by Crippen LogP contribution is 2.13. The summed E-state index contributed by atoms with van der Waals surface area (Å²) in [6.07, 6.45) is -0.759. The molecule has 17 heavy (non-hydrogen) atoms. The lowest BCUT2D eigenvalue weighted by Gasteiger charge is -2.29. The van der Waals surface area contributed by atoms with E-state index in [1.54, 1.807) is 20.8 Å². The van der Waals surface area contributed by atoms with E-state index in [0.29, 0.717) is 0 Å². The zero-order chi connectivity index (χ0) is 13.6. The molecule has 0 radical (unpaired) electrons. The third-order valence-corrected chi connectivity index (χ3v) is 2.54. The first kappa shape index (κ1) is 16.2. The molecule has 3 N–H and O–H groups in total. The Morgan fingerprint density at radius 1 is 1.41 bits per heavy atom. The van der Waals surface area contributed by atoms with Crippen LogP contribution in [0.4, 0.5) is 4.79 Å². The number of nitrogens with one attached hydrogen (secondary N) is 1. The molecule has 5 heteroatoms. The summed E-state index contributed by atoms with van der Waals surface area (Å²) < 4.78 is 5.11. The molecule has 0 aliphatic rings. The fourth-order valence-electron chi connectivity index (χ4n) is 1.43. The molecule has 0 spiro atoms. The molecule has 3 atom stereocenters. The van der Waals surface area contributed by atoms with Crippen LogP contribution in [-0.2, 0) is 4.74 Å². The zero-order valence-electron chi connectivity index (χ0n) is 11.4. The first-order valence-corrected chi connectivity index (χ1v) is 5.99. The van der Waals surface area contributed by atoms with Gasteiger partial charge in [-0.3, -0.25) is 0 Å². The van der Waals surface area contributed by atoms with E-state index in [1.165, 1.54) is 0 Å². The highest BCUT2D eigenvalue weighted by molar-refractivity contribution is 5.68. The van der Waals surface area contributed by atoms with Crippen LogP contribution < -0.4 is 5.32 Å². The molecule has 102 valence electrons. The Morgan fingerprint density at radius 2 is 1.94 bits per heavy atom. The second kappa shape index (κ2) is 6.81. The van der Waals surface area contributed by atoms with Gasteiger partial charge in [-0.1, -0.05) is 20.3 Å². The molecular weight excluding hydrogens is 222 g/mol. The average molecular weight is 247 g/mol. The molecule has 0 aliphatic carbocycles. The topological polar surface area (TPSA) is 78.8 Å². The van der Waals surface area contributed by atoms with Gasteiger partial charge in [0.05, 0.1) is 18.8 Å². The zero-order valence-corrected chi connectivity index (χ0v) is 11.4. The molecule has 0 aromatic heterocycles. The average Bonchev–Trinajstić information content (AvgIpc) is 2.21. The third kappa shape index (κ3) is 6.48. The molecule has 1 amide bonds. The lowest BCUT2D eigenvalue weighted by molar-refractivity contribution is 0.0218. The molecule has 0 bridgehead atoms. The van der Waals surface area contributed by atoms with Crippen LogP contribution in [0.2, 0.25) is 0 Å². The predicted molar refractivity (Wildman–Crippen MR) is 65.7 cm³/mol. The lowest BCUT2D eigenvalue weighted by atomic mass is 9.95. The van der Waals surface area contributed by atoms with Gasteiger partial charge in [0.1, 0.15) is 5.60 Å². The maximum atomic E-state index is 11.6.